The van der Waals surface area contributed by atoms with E-state index in [1.165, 1.54) is 6.42 Å². The first-order chi connectivity index (χ1) is 17.7. The van der Waals surface area contributed by atoms with E-state index in [4.69, 9.17) is 4.98 Å². The van der Waals surface area contributed by atoms with Gasteiger partial charge in [-0.25, -0.2) is 9.18 Å². The molecule has 9 nitrogen and oxygen atoms in total. The van der Waals surface area contributed by atoms with E-state index in [9.17, 15) is 9.18 Å². The standard InChI is InChI=1S/C27H37FN8O/c1-26(2,28)18-35-17-23(34-12-10-33(3)11-13-34)19-15-29-20(14-22(19)35)24-21(16-30-32-24)31-25(37)36-9-5-4-6-27(36)7-8-27/h14-17H,4-13,18H2,1-3H3,(H,30,32)(H,31,37). The van der Waals surface area contributed by atoms with Gasteiger partial charge in [-0.2, -0.15) is 5.10 Å². The van der Waals surface area contributed by atoms with Crippen LogP contribution in [0.5, 0.6) is 0 Å². The minimum absolute atomic E-state index is 0.0586. The van der Waals surface area contributed by atoms with E-state index in [-0.39, 0.29) is 18.1 Å². The average molecular weight is 509 g/mol. The Balaban J connectivity index is 1.32. The van der Waals surface area contributed by atoms with Crippen LogP contribution in [-0.2, 0) is 6.54 Å². The molecule has 0 atom stereocenters. The maximum absolute atomic E-state index is 14.8. The number of amides is 2. The van der Waals surface area contributed by atoms with Crippen molar-refractivity contribution in [2.45, 2.75) is 63.7 Å². The van der Waals surface area contributed by atoms with Gasteiger partial charge in [-0.05, 0) is 59.1 Å². The number of hydrogen-bond acceptors (Lipinski definition) is 5. The van der Waals surface area contributed by atoms with Crippen molar-refractivity contribution < 1.29 is 9.18 Å². The molecule has 2 amide bonds. The van der Waals surface area contributed by atoms with Gasteiger partial charge in [-0.15, -0.1) is 0 Å². The van der Waals surface area contributed by atoms with Crippen molar-refractivity contribution in [3.05, 3.63) is 24.7 Å². The van der Waals surface area contributed by atoms with Crippen LogP contribution in [0.25, 0.3) is 22.3 Å². The normalized spacial score (nSPS) is 20.1. The third kappa shape index (κ3) is 4.67. The molecule has 198 valence electrons. The molecule has 10 heteroatoms. The molecule has 1 saturated carbocycles. The first kappa shape index (κ1) is 24.2. The van der Waals surface area contributed by atoms with E-state index in [1.54, 1.807) is 20.0 Å². The van der Waals surface area contributed by atoms with Crippen molar-refractivity contribution in [3.8, 4) is 11.4 Å². The van der Waals surface area contributed by atoms with Crippen molar-refractivity contribution in [3.63, 3.8) is 0 Å². The lowest BCUT2D eigenvalue weighted by molar-refractivity contribution is 0.151. The Bertz CT molecular complexity index is 1300. The zero-order chi connectivity index (χ0) is 25.8. The molecule has 2 N–H and O–H groups in total. The van der Waals surface area contributed by atoms with Crippen LogP contribution in [0, 0.1) is 0 Å². The maximum atomic E-state index is 14.8. The molecule has 37 heavy (non-hydrogen) atoms. The molecule has 6 rings (SSSR count). The molecule has 1 spiro atoms. The molecule has 3 aromatic rings. The fourth-order valence-corrected chi connectivity index (χ4v) is 5.97. The lowest BCUT2D eigenvalue weighted by Gasteiger charge is -2.36. The smallest absolute Gasteiger partial charge is 0.322 e. The summed E-state index contributed by atoms with van der Waals surface area (Å²) in [4.78, 5) is 24.7. The van der Waals surface area contributed by atoms with Gasteiger partial charge in [0.1, 0.15) is 11.4 Å². The first-order valence-electron chi connectivity index (χ1n) is 13.5. The fraction of sp³-hybridized carbons (Fsp3) is 0.593. The number of carbonyl (C=O) groups is 1. The molecule has 3 aromatic heterocycles. The molecule has 2 saturated heterocycles. The molecule has 5 heterocycles. The number of piperazine rings is 1. The van der Waals surface area contributed by atoms with Crippen molar-refractivity contribution >= 4 is 28.3 Å². The van der Waals surface area contributed by atoms with Crippen LogP contribution >= 0.6 is 0 Å². The number of nitrogens with one attached hydrogen (secondary N) is 2. The number of alkyl halides is 1. The zero-order valence-corrected chi connectivity index (χ0v) is 22.1. The van der Waals surface area contributed by atoms with E-state index >= 15 is 0 Å². The molecule has 3 aliphatic rings. The van der Waals surface area contributed by atoms with E-state index in [1.807, 2.05) is 21.7 Å². The highest BCUT2D eigenvalue weighted by Gasteiger charge is 2.51. The zero-order valence-electron chi connectivity index (χ0n) is 22.1. The second kappa shape index (κ2) is 9.01. The number of aromatic nitrogens is 4. The number of aromatic amines is 1. The number of H-pyrrole nitrogens is 1. The number of carbonyl (C=O) groups excluding carboxylic acids is 1. The minimum atomic E-state index is -1.37. The topological polar surface area (TPSA) is 85.3 Å². The lowest BCUT2D eigenvalue weighted by Crippen LogP contribution is -2.47. The summed E-state index contributed by atoms with van der Waals surface area (Å²) in [5, 5.41) is 11.3. The number of likely N-dealkylation sites (N-methyl/N-ethyl adjacent to an activating group) is 1. The Labute approximate surface area is 217 Å². The van der Waals surface area contributed by atoms with Crippen molar-refractivity contribution in [2.75, 3.05) is 50.0 Å². The van der Waals surface area contributed by atoms with Crippen LogP contribution in [0.15, 0.2) is 24.7 Å². The van der Waals surface area contributed by atoms with Crippen molar-refractivity contribution in [1.82, 2.24) is 29.5 Å². The van der Waals surface area contributed by atoms with Crippen LogP contribution in [0.4, 0.5) is 20.6 Å². The summed E-state index contributed by atoms with van der Waals surface area (Å²) in [7, 11) is 2.14. The third-order valence-corrected chi connectivity index (χ3v) is 8.19. The van der Waals surface area contributed by atoms with Crippen molar-refractivity contribution in [2.24, 2.45) is 0 Å². The largest absolute Gasteiger partial charge is 0.367 e. The van der Waals surface area contributed by atoms with Crippen LogP contribution < -0.4 is 10.2 Å². The number of rotatable bonds is 5. The van der Waals surface area contributed by atoms with Crippen LogP contribution in [0.1, 0.15) is 46.0 Å². The molecule has 0 bridgehead atoms. The highest BCUT2D eigenvalue weighted by Crippen LogP contribution is 2.48. The highest BCUT2D eigenvalue weighted by atomic mass is 19.1. The van der Waals surface area contributed by atoms with Gasteiger partial charge in [0.25, 0.3) is 0 Å². The Morgan fingerprint density at radius 1 is 1.14 bits per heavy atom. The summed E-state index contributed by atoms with van der Waals surface area (Å²) in [6.45, 7) is 8.06. The van der Waals surface area contributed by atoms with E-state index in [2.05, 4.69) is 38.6 Å². The number of halogens is 1. The van der Waals surface area contributed by atoms with E-state index in [0.717, 1.165) is 75.0 Å². The molecule has 2 aliphatic heterocycles. The van der Waals surface area contributed by atoms with E-state index in [0.29, 0.717) is 17.1 Å². The van der Waals surface area contributed by atoms with Gasteiger partial charge >= 0.3 is 6.03 Å². The van der Waals surface area contributed by atoms with Crippen molar-refractivity contribution in [1.29, 1.82) is 0 Å². The second-order valence-electron chi connectivity index (χ2n) is 11.7. The average Bonchev–Trinajstić information content (AvgIpc) is 3.31. The van der Waals surface area contributed by atoms with Gasteiger partial charge in [0.05, 0.1) is 35.3 Å². The highest BCUT2D eigenvalue weighted by molar-refractivity contribution is 5.97. The summed E-state index contributed by atoms with van der Waals surface area (Å²) in [6.07, 6.45) is 11.1. The summed E-state index contributed by atoms with van der Waals surface area (Å²) >= 11 is 0. The predicted molar refractivity (Wildman–Crippen MR) is 144 cm³/mol. The Hall–Kier alpha value is -3.14. The van der Waals surface area contributed by atoms with Gasteiger partial charge in [0.15, 0.2) is 0 Å². The molecule has 0 radical (unpaired) electrons. The lowest BCUT2D eigenvalue weighted by atomic mass is 10.0. The second-order valence-corrected chi connectivity index (χ2v) is 11.7. The van der Waals surface area contributed by atoms with Gasteiger partial charge in [-0.3, -0.25) is 10.1 Å². The Morgan fingerprint density at radius 3 is 2.65 bits per heavy atom. The quantitative estimate of drug-likeness (QED) is 0.531. The SMILES string of the molecule is CN1CCN(c2cn(CC(C)(C)F)c3cc(-c4[nH]ncc4NC(=O)N4CCCCC45CC5)ncc23)CC1. The van der Waals surface area contributed by atoms with Gasteiger partial charge in [-0.1, -0.05) is 0 Å². The predicted octanol–water partition coefficient (Wildman–Crippen LogP) is 4.48. The monoisotopic (exact) mass is 508 g/mol. The number of fused-ring (bicyclic) bond motifs is 1. The molecular formula is C27H37FN8O. The molecule has 0 aromatic carbocycles. The number of pyridine rings is 1. The molecule has 1 aliphatic carbocycles. The summed E-state index contributed by atoms with van der Waals surface area (Å²) in [5.74, 6) is 0. The minimum Gasteiger partial charge on any atom is -0.367 e. The molecular weight excluding hydrogens is 471 g/mol. The Kier molecular flexibility index (Phi) is 5.89. The summed E-state index contributed by atoms with van der Waals surface area (Å²) < 4.78 is 16.8. The Morgan fingerprint density at radius 2 is 1.92 bits per heavy atom. The van der Waals surface area contributed by atoms with Gasteiger partial charge in [0.2, 0.25) is 0 Å². The fourth-order valence-electron chi connectivity index (χ4n) is 5.97. The van der Waals surface area contributed by atoms with E-state index < -0.39 is 5.67 Å². The number of piperidine rings is 1. The molecule has 0 unspecified atom stereocenters. The third-order valence-electron chi connectivity index (χ3n) is 8.19. The number of hydrogen-bond donors (Lipinski definition) is 2. The van der Waals surface area contributed by atoms with Crippen LogP contribution in [0.2, 0.25) is 0 Å². The number of likely N-dealkylation sites (tertiary alicyclic amines) is 1. The van der Waals surface area contributed by atoms with Crippen LogP contribution in [0.3, 0.4) is 0 Å². The maximum Gasteiger partial charge on any atom is 0.322 e. The van der Waals surface area contributed by atoms with Crippen LogP contribution in [-0.4, -0.2) is 86.6 Å². The van der Waals surface area contributed by atoms with Gasteiger partial charge < -0.3 is 24.6 Å². The summed E-state index contributed by atoms with van der Waals surface area (Å²) in [5.41, 5.74) is 2.64. The first-order valence-corrected chi connectivity index (χ1v) is 13.5. The van der Waals surface area contributed by atoms with Gasteiger partial charge in [0, 0.05) is 56.0 Å². The molecule has 3 fully saturated rings. The number of nitrogens with zero attached hydrogens (tertiary/aromatic N) is 6. The summed E-state index contributed by atoms with van der Waals surface area (Å²) in [6, 6.07) is 1.91. The number of anilines is 2. The number of urea groups is 1.